The first kappa shape index (κ1) is 43.3. The van der Waals surface area contributed by atoms with Crippen LogP contribution in [0.1, 0.15) is 65.3 Å². The van der Waals surface area contributed by atoms with Crippen LogP contribution in [0.15, 0.2) is 85.4 Å². The standard InChI is InChI=1S/C30H30F3NOS.C16H11F3INS/c1-18-11-19(2)13-22(12-18)27-28-24(25(17-34-27)30(31,32)33)15-26(36-28)23-8-7-20(16-29(3,4)5)14-21(23)9-10-35-6;1-8-3-9(2)5-10(4-8)14-15-11(6-13(20)22-15)12(7-21-14)16(17,18)19/h7-15,17H,16H2,1-6H3;3-7H,1-2H3. The van der Waals surface area contributed by atoms with Gasteiger partial charge in [0, 0.05) is 39.2 Å². The molecular weight excluding hydrogens is 902 g/mol. The second-order valence-corrected chi connectivity index (χ2v) is 19.6. The Kier molecular flexibility index (Phi) is 12.5. The number of methoxy groups -OCH3 is 1. The van der Waals surface area contributed by atoms with Crippen molar-refractivity contribution in [3.05, 3.63) is 133 Å². The molecule has 0 saturated heterocycles. The number of rotatable bonds is 6. The van der Waals surface area contributed by atoms with Crippen LogP contribution in [-0.4, -0.2) is 17.1 Å². The van der Waals surface area contributed by atoms with E-state index in [0.29, 0.717) is 20.8 Å². The van der Waals surface area contributed by atoms with Gasteiger partial charge in [-0.25, -0.2) is 0 Å². The molecule has 302 valence electrons. The number of benzene rings is 3. The third-order valence-corrected chi connectivity index (χ3v) is 12.3. The molecule has 0 aliphatic heterocycles. The minimum atomic E-state index is -4.50. The zero-order chi connectivity index (χ0) is 42.3. The molecule has 0 N–H and O–H groups in total. The van der Waals surface area contributed by atoms with Gasteiger partial charge in [0.05, 0.1) is 48.2 Å². The highest BCUT2D eigenvalue weighted by Crippen LogP contribution is 2.46. The van der Waals surface area contributed by atoms with Crippen LogP contribution in [0.2, 0.25) is 0 Å². The van der Waals surface area contributed by atoms with Crippen LogP contribution in [-0.2, 0) is 23.5 Å². The van der Waals surface area contributed by atoms with E-state index >= 15 is 0 Å². The first-order chi connectivity index (χ1) is 27.1. The molecule has 0 saturated carbocycles. The van der Waals surface area contributed by atoms with E-state index in [1.54, 1.807) is 25.5 Å². The lowest BCUT2D eigenvalue weighted by molar-refractivity contribution is -0.137. The number of nitrogens with zero attached hydrogens (tertiary/aromatic N) is 2. The van der Waals surface area contributed by atoms with Crippen molar-refractivity contribution in [2.45, 2.75) is 67.2 Å². The zero-order valence-corrected chi connectivity index (χ0v) is 36.9. The van der Waals surface area contributed by atoms with Crippen LogP contribution in [0.3, 0.4) is 0 Å². The van der Waals surface area contributed by atoms with Crippen molar-refractivity contribution < 1.29 is 31.1 Å². The molecule has 3 aromatic carbocycles. The number of hydrogen-bond donors (Lipinski definition) is 0. The molecule has 7 aromatic rings. The normalized spacial score (nSPS) is 12.4. The number of aromatic nitrogens is 2. The van der Waals surface area contributed by atoms with E-state index in [0.717, 1.165) is 76.6 Å². The molecule has 7 rings (SSSR count). The van der Waals surface area contributed by atoms with Crippen molar-refractivity contribution in [2.75, 3.05) is 7.11 Å². The quantitative estimate of drug-likeness (QED) is 0.0947. The second-order valence-electron chi connectivity index (χ2n) is 15.6. The fraction of sp³-hybridized carbons (Fsp3) is 0.261. The average molecular weight is 943 g/mol. The van der Waals surface area contributed by atoms with Crippen LogP contribution >= 0.6 is 45.3 Å². The lowest BCUT2D eigenvalue weighted by atomic mass is 9.87. The predicted octanol–water partition coefficient (Wildman–Crippen LogP) is 15.7. The number of halogens is 7. The van der Waals surface area contributed by atoms with Crippen LogP contribution < -0.4 is 0 Å². The molecule has 0 aliphatic rings. The number of hydrogen-bond acceptors (Lipinski definition) is 5. The summed E-state index contributed by atoms with van der Waals surface area (Å²) in [6.07, 6.45) is -2.65. The molecule has 0 aliphatic carbocycles. The van der Waals surface area contributed by atoms with E-state index in [1.807, 2.05) is 76.2 Å². The Bertz CT molecular complexity index is 2630. The molecule has 0 unspecified atom stereocenters. The highest BCUT2D eigenvalue weighted by atomic mass is 127. The minimum absolute atomic E-state index is 0.107. The van der Waals surface area contributed by atoms with Crippen LogP contribution in [0.25, 0.3) is 59.2 Å². The summed E-state index contributed by atoms with van der Waals surface area (Å²) in [6.45, 7) is 14.4. The van der Waals surface area contributed by atoms with Gasteiger partial charge in [0.25, 0.3) is 0 Å². The van der Waals surface area contributed by atoms with Gasteiger partial charge in [0.1, 0.15) is 0 Å². The Labute approximate surface area is 356 Å². The number of alkyl halides is 6. The number of fused-ring (bicyclic) bond motifs is 2. The third-order valence-electron chi connectivity index (χ3n) is 9.19. The maximum absolute atomic E-state index is 14.0. The van der Waals surface area contributed by atoms with Gasteiger partial charge in [-0.1, -0.05) is 73.4 Å². The topological polar surface area (TPSA) is 35.0 Å². The summed E-state index contributed by atoms with van der Waals surface area (Å²) in [4.78, 5) is 9.20. The number of thiophene rings is 2. The molecule has 0 atom stereocenters. The average Bonchev–Trinajstić information content (AvgIpc) is 3.71. The molecule has 4 aromatic heterocycles. The van der Waals surface area contributed by atoms with Crippen LogP contribution in [0, 0.1) is 36.0 Å². The maximum Gasteiger partial charge on any atom is 0.418 e. The highest BCUT2D eigenvalue weighted by Gasteiger charge is 2.36. The van der Waals surface area contributed by atoms with Crippen LogP contribution in [0.5, 0.6) is 0 Å². The lowest BCUT2D eigenvalue weighted by Crippen LogP contribution is -2.09. The summed E-state index contributed by atoms with van der Waals surface area (Å²) in [6, 6.07) is 21.3. The monoisotopic (exact) mass is 942 g/mol. The molecule has 0 bridgehead atoms. The Hall–Kier alpha value is -4.27. The van der Waals surface area contributed by atoms with E-state index in [4.69, 9.17) is 4.74 Å². The van der Waals surface area contributed by atoms with Gasteiger partial charge >= 0.3 is 12.4 Å². The van der Waals surface area contributed by atoms with Crippen molar-refractivity contribution in [1.29, 1.82) is 0 Å². The summed E-state index contributed by atoms with van der Waals surface area (Å²) in [5.41, 5.74) is 8.72. The molecule has 12 heteroatoms. The molecule has 58 heavy (non-hydrogen) atoms. The smallest absolute Gasteiger partial charge is 0.418 e. The summed E-state index contributed by atoms with van der Waals surface area (Å²) >= 11 is 4.73. The second kappa shape index (κ2) is 16.8. The molecule has 0 radical (unpaired) electrons. The van der Waals surface area contributed by atoms with E-state index in [2.05, 4.69) is 65.5 Å². The van der Waals surface area contributed by atoms with Gasteiger partial charge in [-0.2, -0.15) is 26.3 Å². The fourth-order valence-electron chi connectivity index (χ4n) is 7.08. The summed E-state index contributed by atoms with van der Waals surface area (Å²) in [7, 11) is 1.58. The first-order valence-corrected chi connectivity index (χ1v) is 21.0. The minimum Gasteiger partial charge on any atom is -0.504 e. The summed E-state index contributed by atoms with van der Waals surface area (Å²) in [5, 5.41) is 0.401. The molecule has 0 amide bonds. The molecule has 0 spiro atoms. The fourth-order valence-corrected chi connectivity index (χ4v) is 10.2. The molecular formula is C46H41F6IN2OS2. The lowest BCUT2D eigenvalue weighted by Gasteiger charge is -2.19. The van der Waals surface area contributed by atoms with Gasteiger partial charge in [-0.05, 0) is 121 Å². The van der Waals surface area contributed by atoms with Gasteiger partial charge in [-0.15, -0.1) is 22.7 Å². The Morgan fingerprint density at radius 3 is 1.60 bits per heavy atom. The predicted molar refractivity (Wildman–Crippen MR) is 236 cm³/mol. The van der Waals surface area contributed by atoms with Gasteiger partial charge in [-0.3, -0.25) is 9.97 Å². The SMILES string of the molecule is COC=Cc1cc(CC(C)(C)C)ccc1-c1cc2c(C(F)(F)F)cnc(-c3cc(C)cc(C)c3)c2s1.Cc1cc(C)cc(-c2ncc(C(F)(F)F)c3cc(I)sc23)c1. The van der Waals surface area contributed by atoms with Crippen molar-refractivity contribution in [3.63, 3.8) is 0 Å². The zero-order valence-electron chi connectivity index (χ0n) is 33.1. The van der Waals surface area contributed by atoms with Gasteiger partial charge in [0.15, 0.2) is 0 Å². The highest BCUT2D eigenvalue weighted by molar-refractivity contribution is 14.1. The largest absolute Gasteiger partial charge is 0.504 e. The van der Waals surface area contributed by atoms with Crippen LogP contribution in [0.4, 0.5) is 26.3 Å². The Balaban J connectivity index is 0.000000220. The van der Waals surface area contributed by atoms with E-state index in [9.17, 15) is 26.3 Å². The van der Waals surface area contributed by atoms with Gasteiger partial charge < -0.3 is 4.74 Å². The molecule has 4 heterocycles. The van der Waals surface area contributed by atoms with E-state index < -0.39 is 23.5 Å². The maximum atomic E-state index is 14.0. The summed E-state index contributed by atoms with van der Waals surface area (Å²) < 4.78 is 88.5. The van der Waals surface area contributed by atoms with Crippen molar-refractivity contribution in [3.8, 4) is 33.0 Å². The molecule has 3 nitrogen and oxygen atoms in total. The molecule has 0 fully saturated rings. The van der Waals surface area contributed by atoms with E-state index in [-0.39, 0.29) is 16.2 Å². The van der Waals surface area contributed by atoms with E-state index in [1.165, 1.54) is 22.7 Å². The van der Waals surface area contributed by atoms with Crippen molar-refractivity contribution in [2.24, 2.45) is 5.41 Å². The summed E-state index contributed by atoms with van der Waals surface area (Å²) in [5.74, 6) is 0. The Morgan fingerprint density at radius 1 is 0.655 bits per heavy atom. The van der Waals surface area contributed by atoms with Crippen molar-refractivity contribution in [1.82, 2.24) is 9.97 Å². The number of ether oxygens (including phenoxy) is 1. The Morgan fingerprint density at radius 2 is 1.14 bits per heavy atom. The van der Waals surface area contributed by atoms with Gasteiger partial charge in [0.2, 0.25) is 0 Å². The first-order valence-electron chi connectivity index (χ1n) is 18.3. The number of pyridine rings is 2. The van der Waals surface area contributed by atoms with Crippen molar-refractivity contribution >= 4 is 71.5 Å². The number of aryl methyl sites for hydroxylation is 4. The third kappa shape index (κ3) is 9.94.